The van der Waals surface area contributed by atoms with Gasteiger partial charge in [-0.05, 0) is 33.1 Å². The quantitative estimate of drug-likeness (QED) is 0.817. The Hall–Kier alpha value is -1.62. The number of carbonyl (C=O) groups excluding carboxylic acids is 1. The van der Waals surface area contributed by atoms with Gasteiger partial charge in [0.15, 0.2) is 0 Å². The number of nitrogen functional groups attached to an aromatic ring is 1. The maximum Gasteiger partial charge on any atom is 0.255 e. The Morgan fingerprint density at radius 1 is 1.35 bits per heavy atom. The summed E-state index contributed by atoms with van der Waals surface area (Å²) in [6, 6.07) is 1.65. The summed E-state index contributed by atoms with van der Waals surface area (Å²) in [5.41, 5.74) is 6.67. The van der Waals surface area contributed by atoms with E-state index in [0.717, 1.165) is 19.5 Å². The lowest BCUT2D eigenvalue weighted by atomic mass is 10.2. The van der Waals surface area contributed by atoms with Crippen LogP contribution in [0.3, 0.4) is 0 Å². The Morgan fingerprint density at radius 2 is 2.06 bits per heavy atom. The zero-order chi connectivity index (χ0) is 12.8. The number of nitrogens with two attached hydrogens (primary N) is 1. The van der Waals surface area contributed by atoms with Crippen LogP contribution in [0.1, 0.15) is 16.8 Å². The van der Waals surface area contributed by atoms with E-state index in [1.54, 1.807) is 24.2 Å². The lowest BCUT2D eigenvalue weighted by molar-refractivity contribution is 0.0791. The minimum atomic E-state index is -0.0522. The van der Waals surface area contributed by atoms with E-state index in [1.165, 1.54) is 6.20 Å². The molecule has 1 amide bonds. The SMILES string of the molecule is CN(C)CCCN(C)C(=O)c1ccncc1N. The highest BCUT2D eigenvalue weighted by molar-refractivity contribution is 5.98. The molecule has 17 heavy (non-hydrogen) atoms. The molecule has 1 heterocycles. The molecule has 5 nitrogen and oxygen atoms in total. The summed E-state index contributed by atoms with van der Waals surface area (Å²) >= 11 is 0. The fourth-order valence-corrected chi connectivity index (χ4v) is 1.53. The number of anilines is 1. The number of hydrogen-bond acceptors (Lipinski definition) is 4. The molecule has 94 valence electrons. The number of pyridine rings is 1. The molecule has 0 saturated heterocycles. The summed E-state index contributed by atoms with van der Waals surface area (Å²) in [5.74, 6) is -0.0522. The number of carbonyl (C=O) groups is 1. The molecule has 0 aliphatic heterocycles. The number of amides is 1. The molecular weight excluding hydrogens is 216 g/mol. The minimum Gasteiger partial charge on any atom is -0.397 e. The maximum atomic E-state index is 12.0. The second-order valence-corrected chi connectivity index (χ2v) is 4.35. The molecule has 0 unspecified atom stereocenters. The Labute approximate surface area is 102 Å². The Balaban J connectivity index is 2.55. The molecule has 0 fully saturated rings. The monoisotopic (exact) mass is 236 g/mol. The van der Waals surface area contributed by atoms with E-state index in [2.05, 4.69) is 9.88 Å². The first-order valence-electron chi connectivity index (χ1n) is 5.62. The fourth-order valence-electron chi connectivity index (χ4n) is 1.53. The summed E-state index contributed by atoms with van der Waals surface area (Å²) in [7, 11) is 5.82. The van der Waals surface area contributed by atoms with Crippen LogP contribution in [-0.2, 0) is 0 Å². The number of aromatic nitrogens is 1. The van der Waals surface area contributed by atoms with Gasteiger partial charge in [0.05, 0.1) is 17.4 Å². The third-order valence-corrected chi connectivity index (χ3v) is 2.53. The van der Waals surface area contributed by atoms with Crippen molar-refractivity contribution in [2.24, 2.45) is 0 Å². The van der Waals surface area contributed by atoms with E-state index >= 15 is 0 Å². The molecule has 0 saturated carbocycles. The van der Waals surface area contributed by atoms with E-state index in [9.17, 15) is 4.79 Å². The molecule has 0 aliphatic carbocycles. The van der Waals surface area contributed by atoms with E-state index < -0.39 is 0 Å². The van der Waals surface area contributed by atoms with E-state index in [1.807, 2.05) is 14.1 Å². The van der Waals surface area contributed by atoms with Crippen LogP contribution in [0.4, 0.5) is 5.69 Å². The second kappa shape index (κ2) is 6.20. The van der Waals surface area contributed by atoms with Crippen LogP contribution in [0.5, 0.6) is 0 Å². The third-order valence-electron chi connectivity index (χ3n) is 2.53. The lowest BCUT2D eigenvalue weighted by Crippen LogP contribution is -2.30. The molecule has 5 heteroatoms. The van der Waals surface area contributed by atoms with Crippen molar-refractivity contribution in [2.45, 2.75) is 6.42 Å². The van der Waals surface area contributed by atoms with Gasteiger partial charge in [-0.3, -0.25) is 9.78 Å². The first-order valence-corrected chi connectivity index (χ1v) is 5.62. The Morgan fingerprint density at radius 3 is 2.65 bits per heavy atom. The average Bonchev–Trinajstić information content (AvgIpc) is 2.28. The van der Waals surface area contributed by atoms with Crippen LogP contribution in [0, 0.1) is 0 Å². The van der Waals surface area contributed by atoms with E-state index in [-0.39, 0.29) is 5.91 Å². The van der Waals surface area contributed by atoms with Gasteiger partial charge < -0.3 is 15.5 Å². The van der Waals surface area contributed by atoms with Crippen LogP contribution in [0.15, 0.2) is 18.5 Å². The van der Waals surface area contributed by atoms with Gasteiger partial charge in [-0.1, -0.05) is 0 Å². The molecule has 0 bridgehead atoms. The predicted molar refractivity (Wildman–Crippen MR) is 68.8 cm³/mol. The highest BCUT2D eigenvalue weighted by atomic mass is 16.2. The van der Waals surface area contributed by atoms with Gasteiger partial charge in [0.2, 0.25) is 0 Å². The van der Waals surface area contributed by atoms with Crippen molar-refractivity contribution < 1.29 is 4.79 Å². The smallest absolute Gasteiger partial charge is 0.255 e. The van der Waals surface area contributed by atoms with Crippen molar-refractivity contribution in [1.82, 2.24) is 14.8 Å². The predicted octanol–water partition coefficient (Wildman–Crippen LogP) is 0.687. The molecule has 0 spiro atoms. The van der Waals surface area contributed by atoms with Gasteiger partial charge in [-0.2, -0.15) is 0 Å². The third kappa shape index (κ3) is 4.03. The van der Waals surface area contributed by atoms with Crippen LogP contribution >= 0.6 is 0 Å². The highest BCUT2D eigenvalue weighted by Gasteiger charge is 2.13. The van der Waals surface area contributed by atoms with E-state index in [4.69, 9.17) is 5.73 Å². The van der Waals surface area contributed by atoms with Gasteiger partial charge >= 0.3 is 0 Å². The van der Waals surface area contributed by atoms with E-state index in [0.29, 0.717) is 11.3 Å². The van der Waals surface area contributed by atoms with Gasteiger partial charge in [0, 0.05) is 19.8 Å². The molecule has 1 aromatic rings. The summed E-state index contributed by atoms with van der Waals surface area (Å²) in [4.78, 5) is 19.7. The van der Waals surface area contributed by atoms with Crippen LogP contribution in [-0.4, -0.2) is 54.9 Å². The number of rotatable bonds is 5. The average molecular weight is 236 g/mol. The zero-order valence-electron chi connectivity index (χ0n) is 10.7. The van der Waals surface area contributed by atoms with Crippen molar-refractivity contribution in [3.63, 3.8) is 0 Å². The van der Waals surface area contributed by atoms with Crippen molar-refractivity contribution >= 4 is 11.6 Å². The molecule has 1 rings (SSSR count). The molecule has 0 aliphatic rings. The molecule has 0 atom stereocenters. The standard InChI is InChI=1S/C12H20N4O/c1-15(2)7-4-8-16(3)12(17)10-5-6-14-9-11(10)13/h5-6,9H,4,7-8,13H2,1-3H3. The Kier molecular flexibility index (Phi) is 4.90. The fraction of sp³-hybridized carbons (Fsp3) is 0.500. The lowest BCUT2D eigenvalue weighted by Gasteiger charge is -2.19. The highest BCUT2D eigenvalue weighted by Crippen LogP contribution is 2.11. The second-order valence-electron chi connectivity index (χ2n) is 4.35. The molecule has 1 aromatic heterocycles. The summed E-state index contributed by atoms with van der Waals surface area (Å²) < 4.78 is 0. The van der Waals surface area contributed by atoms with Gasteiger partial charge in [-0.25, -0.2) is 0 Å². The first kappa shape index (κ1) is 13.4. The summed E-state index contributed by atoms with van der Waals surface area (Å²) in [6.45, 7) is 1.68. The van der Waals surface area contributed by atoms with Gasteiger partial charge in [0.25, 0.3) is 5.91 Å². The van der Waals surface area contributed by atoms with Crippen molar-refractivity contribution in [2.75, 3.05) is 40.0 Å². The molecule has 0 aromatic carbocycles. The van der Waals surface area contributed by atoms with Crippen LogP contribution in [0.25, 0.3) is 0 Å². The number of hydrogen-bond donors (Lipinski definition) is 1. The van der Waals surface area contributed by atoms with Crippen LogP contribution < -0.4 is 5.73 Å². The topological polar surface area (TPSA) is 62.5 Å². The molecule has 0 radical (unpaired) electrons. The molecule has 2 N–H and O–H groups in total. The summed E-state index contributed by atoms with van der Waals surface area (Å²) in [6.07, 6.45) is 4.03. The largest absolute Gasteiger partial charge is 0.397 e. The summed E-state index contributed by atoms with van der Waals surface area (Å²) in [5, 5.41) is 0. The van der Waals surface area contributed by atoms with Crippen molar-refractivity contribution in [1.29, 1.82) is 0 Å². The number of nitrogens with zero attached hydrogens (tertiary/aromatic N) is 3. The molecular formula is C12H20N4O. The first-order chi connectivity index (χ1) is 8.02. The van der Waals surface area contributed by atoms with Crippen molar-refractivity contribution in [3.8, 4) is 0 Å². The van der Waals surface area contributed by atoms with Gasteiger partial charge in [0.1, 0.15) is 0 Å². The maximum absolute atomic E-state index is 12.0. The van der Waals surface area contributed by atoms with Crippen LogP contribution in [0.2, 0.25) is 0 Å². The normalized spacial score (nSPS) is 10.6. The van der Waals surface area contributed by atoms with Crippen molar-refractivity contribution in [3.05, 3.63) is 24.0 Å². The minimum absolute atomic E-state index is 0.0522. The zero-order valence-corrected chi connectivity index (χ0v) is 10.7. The van der Waals surface area contributed by atoms with Gasteiger partial charge in [-0.15, -0.1) is 0 Å². The Bertz CT molecular complexity index is 379.